The average Bonchev–Trinajstić information content (AvgIpc) is 2.79. The second-order valence-electron chi connectivity index (χ2n) is 6.68. The summed E-state index contributed by atoms with van der Waals surface area (Å²) in [6.45, 7) is 0.696. The maximum Gasteiger partial charge on any atom is 0.271 e. The van der Waals surface area contributed by atoms with Gasteiger partial charge in [0.15, 0.2) is 11.5 Å². The molecule has 3 N–H and O–H groups in total. The molecule has 1 heterocycles. The van der Waals surface area contributed by atoms with E-state index in [1.165, 1.54) is 36.0 Å². The molecule has 0 saturated heterocycles. The van der Waals surface area contributed by atoms with E-state index in [4.69, 9.17) is 21.1 Å². The summed E-state index contributed by atoms with van der Waals surface area (Å²) in [6.07, 6.45) is 2.04. The average molecular weight is 500 g/mol. The smallest absolute Gasteiger partial charge is 0.271 e. The van der Waals surface area contributed by atoms with Crippen LogP contribution in [0.4, 0.5) is 0 Å². The van der Waals surface area contributed by atoms with E-state index in [0.29, 0.717) is 30.5 Å². The number of nitrogens with one attached hydrogen (secondary N) is 3. The zero-order chi connectivity index (χ0) is 23.1. The summed E-state index contributed by atoms with van der Waals surface area (Å²) < 4.78 is 39.0. The third-order valence-corrected chi connectivity index (χ3v) is 6.91. The van der Waals surface area contributed by atoms with Crippen LogP contribution in [0.1, 0.15) is 16.8 Å². The van der Waals surface area contributed by atoms with Gasteiger partial charge in [0, 0.05) is 6.07 Å². The first-order valence-corrected chi connectivity index (χ1v) is 12.8. The van der Waals surface area contributed by atoms with Gasteiger partial charge in [0.05, 0.1) is 15.5 Å². The Morgan fingerprint density at radius 1 is 1.09 bits per heavy atom. The van der Waals surface area contributed by atoms with E-state index in [1.807, 2.05) is 6.26 Å². The molecule has 12 heteroatoms. The van der Waals surface area contributed by atoms with Crippen LogP contribution in [0.3, 0.4) is 0 Å². The molecule has 2 aromatic rings. The Bertz CT molecular complexity index is 1100. The largest absolute Gasteiger partial charge is 0.486 e. The van der Waals surface area contributed by atoms with Gasteiger partial charge in [0.2, 0.25) is 10.0 Å². The number of ether oxygens (including phenoxy) is 2. The molecule has 0 aliphatic carbocycles. The van der Waals surface area contributed by atoms with E-state index >= 15 is 0 Å². The van der Waals surface area contributed by atoms with Crippen molar-refractivity contribution < 1.29 is 27.5 Å². The SMILES string of the molecule is CSCCC(NS(=O)(=O)c1ccc2c(c1)OCCO2)C(=O)NNC(=O)c1ccccc1Cl. The number of carbonyl (C=O) groups excluding carboxylic acids is 2. The quantitative estimate of drug-likeness (QED) is 0.474. The van der Waals surface area contributed by atoms with E-state index in [1.54, 1.807) is 18.2 Å². The highest BCUT2D eigenvalue weighted by atomic mass is 35.5. The van der Waals surface area contributed by atoms with Gasteiger partial charge >= 0.3 is 0 Å². The molecule has 1 aliphatic heterocycles. The second-order valence-corrected chi connectivity index (χ2v) is 9.79. The van der Waals surface area contributed by atoms with Gasteiger partial charge in [-0.05, 0) is 42.7 Å². The van der Waals surface area contributed by atoms with Gasteiger partial charge in [0.1, 0.15) is 19.3 Å². The first kappa shape index (κ1) is 24.2. The fourth-order valence-electron chi connectivity index (χ4n) is 2.84. The minimum Gasteiger partial charge on any atom is -0.486 e. The van der Waals surface area contributed by atoms with E-state index in [0.717, 1.165) is 0 Å². The molecule has 3 rings (SSSR count). The molecule has 1 atom stereocenters. The van der Waals surface area contributed by atoms with Crippen molar-refractivity contribution in [2.75, 3.05) is 25.2 Å². The van der Waals surface area contributed by atoms with E-state index in [9.17, 15) is 18.0 Å². The Kier molecular flexibility index (Phi) is 8.24. The highest BCUT2D eigenvalue weighted by Gasteiger charge is 2.27. The van der Waals surface area contributed by atoms with Crippen LogP contribution in [0.25, 0.3) is 0 Å². The molecule has 172 valence electrons. The number of rotatable bonds is 8. The molecule has 0 bridgehead atoms. The van der Waals surface area contributed by atoms with Crippen LogP contribution in [0.5, 0.6) is 11.5 Å². The van der Waals surface area contributed by atoms with Gasteiger partial charge < -0.3 is 9.47 Å². The van der Waals surface area contributed by atoms with Crippen molar-refractivity contribution in [3.8, 4) is 11.5 Å². The number of halogens is 1. The molecule has 0 spiro atoms. The van der Waals surface area contributed by atoms with Gasteiger partial charge in [-0.3, -0.25) is 20.4 Å². The van der Waals surface area contributed by atoms with Crippen molar-refractivity contribution in [1.29, 1.82) is 0 Å². The second kappa shape index (κ2) is 10.9. The molecule has 1 aliphatic rings. The molecule has 0 saturated carbocycles. The fraction of sp³-hybridized carbons (Fsp3) is 0.300. The summed E-state index contributed by atoms with van der Waals surface area (Å²) >= 11 is 7.44. The standard InChI is InChI=1S/C20H22ClN3O6S2/c1-31-11-8-16(20(26)23-22-19(25)14-4-2-3-5-15(14)21)24-32(27,28)13-6-7-17-18(12-13)30-10-9-29-17/h2-7,12,16,24H,8-11H2,1H3,(H,22,25)(H,23,26). The van der Waals surface area contributed by atoms with Crippen molar-refractivity contribution in [2.24, 2.45) is 0 Å². The molecule has 0 radical (unpaired) electrons. The molecular weight excluding hydrogens is 478 g/mol. The van der Waals surface area contributed by atoms with Crippen LogP contribution in [-0.4, -0.2) is 51.5 Å². The first-order valence-electron chi connectivity index (χ1n) is 9.57. The molecule has 0 fully saturated rings. The van der Waals surface area contributed by atoms with Crippen molar-refractivity contribution >= 4 is 45.2 Å². The number of thioether (sulfide) groups is 1. The Labute approximate surface area is 195 Å². The molecule has 9 nitrogen and oxygen atoms in total. The summed E-state index contributed by atoms with van der Waals surface area (Å²) in [6, 6.07) is 9.45. The Morgan fingerprint density at radius 3 is 2.53 bits per heavy atom. The minimum absolute atomic E-state index is 0.0659. The number of carbonyl (C=O) groups is 2. The van der Waals surface area contributed by atoms with Crippen molar-refractivity contribution in [2.45, 2.75) is 17.4 Å². The number of hydrazine groups is 1. The van der Waals surface area contributed by atoms with Gasteiger partial charge in [-0.1, -0.05) is 23.7 Å². The molecule has 2 aromatic carbocycles. The molecule has 0 aromatic heterocycles. The van der Waals surface area contributed by atoms with E-state index in [2.05, 4.69) is 15.6 Å². The normalized spacial score (nSPS) is 13.8. The summed E-state index contributed by atoms with van der Waals surface area (Å²) in [7, 11) is -4.06. The number of fused-ring (bicyclic) bond motifs is 1. The molecular formula is C20H22ClN3O6S2. The zero-order valence-corrected chi connectivity index (χ0v) is 19.5. The Morgan fingerprint density at radius 2 is 1.81 bits per heavy atom. The molecule has 2 amide bonds. The zero-order valence-electron chi connectivity index (χ0n) is 17.1. The minimum atomic E-state index is -4.06. The maximum atomic E-state index is 12.9. The van der Waals surface area contributed by atoms with Crippen LogP contribution < -0.4 is 25.0 Å². The lowest BCUT2D eigenvalue weighted by molar-refractivity contribution is -0.123. The summed E-state index contributed by atoms with van der Waals surface area (Å²) in [5.41, 5.74) is 4.70. The Balaban J connectivity index is 1.70. The lowest BCUT2D eigenvalue weighted by Crippen LogP contribution is -2.52. The van der Waals surface area contributed by atoms with Crippen molar-refractivity contribution in [1.82, 2.24) is 15.6 Å². The summed E-state index contributed by atoms with van der Waals surface area (Å²) in [5, 5.41) is 0.220. The topological polar surface area (TPSA) is 123 Å². The van der Waals surface area contributed by atoms with Gasteiger partial charge in [0.25, 0.3) is 11.8 Å². The fourth-order valence-corrected chi connectivity index (χ4v) is 4.78. The lowest BCUT2D eigenvalue weighted by atomic mass is 10.2. The number of hydrogen-bond acceptors (Lipinski definition) is 7. The summed E-state index contributed by atoms with van der Waals surface area (Å²) in [5.74, 6) is -0.0477. The van der Waals surface area contributed by atoms with Crippen LogP contribution in [0.2, 0.25) is 5.02 Å². The van der Waals surface area contributed by atoms with Crippen molar-refractivity contribution in [3.05, 3.63) is 53.1 Å². The maximum absolute atomic E-state index is 12.9. The molecule has 1 unspecified atom stereocenters. The van der Waals surface area contributed by atoms with Crippen molar-refractivity contribution in [3.63, 3.8) is 0 Å². The number of sulfonamides is 1. The third-order valence-electron chi connectivity index (χ3n) is 4.47. The highest BCUT2D eigenvalue weighted by Crippen LogP contribution is 2.32. The predicted molar refractivity (Wildman–Crippen MR) is 122 cm³/mol. The molecule has 32 heavy (non-hydrogen) atoms. The van der Waals surface area contributed by atoms with Gasteiger partial charge in [-0.2, -0.15) is 16.5 Å². The van der Waals surface area contributed by atoms with Gasteiger partial charge in [-0.15, -0.1) is 0 Å². The first-order chi connectivity index (χ1) is 15.3. The lowest BCUT2D eigenvalue weighted by Gasteiger charge is -2.21. The number of benzene rings is 2. The third kappa shape index (κ3) is 6.06. The van der Waals surface area contributed by atoms with Crippen LogP contribution >= 0.6 is 23.4 Å². The predicted octanol–water partition coefficient (Wildman–Crippen LogP) is 1.97. The van der Waals surface area contributed by atoms with Crippen LogP contribution in [-0.2, 0) is 14.8 Å². The number of hydrogen-bond donors (Lipinski definition) is 3. The summed E-state index contributed by atoms with van der Waals surface area (Å²) in [4.78, 5) is 24.9. The number of amides is 2. The Hall–Kier alpha value is -2.47. The van der Waals surface area contributed by atoms with Crippen LogP contribution in [0.15, 0.2) is 47.4 Å². The van der Waals surface area contributed by atoms with Crippen LogP contribution in [0, 0.1) is 0 Å². The van der Waals surface area contributed by atoms with E-state index < -0.39 is 27.9 Å². The van der Waals surface area contributed by atoms with E-state index in [-0.39, 0.29) is 21.9 Å². The highest BCUT2D eigenvalue weighted by molar-refractivity contribution is 7.98. The van der Waals surface area contributed by atoms with Gasteiger partial charge in [-0.25, -0.2) is 8.42 Å². The monoisotopic (exact) mass is 499 g/mol.